The van der Waals surface area contributed by atoms with Gasteiger partial charge in [0.1, 0.15) is 17.9 Å². The molecule has 1 heterocycles. The number of fused-ring (bicyclic) bond motifs is 1. The van der Waals surface area contributed by atoms with E-state index in [1.807, 2.05) is 0 Å². The molecular weight excluding hydrogens is 262 g/mol. The van der Waals surface area contributed by atoms with Crippen LogP contribution in [0.4, 0.5) is 0 Å². The van der Waals surface area contributed by atoms with E-state index in [9.17, 15) is 19.5 Å². The van der Waals surface area contributed by atoms with Gasteiger partial charge in [0.15, 0.2) is 0 Å². The number of carbonyl (C=O) groups is 2. The second kappa shape index (κ2) is 5.04. The highest BCUT2D eigenvalue weighted by atomic mass is 16.3. The lowest BCUT2D eigenvalue weighted by Gasteiger charge is -2.10. The molecule has 2 aromatic rings. The predicted octanol–water partition coefficient (Wildman–Crippen LogP) is -0.526. The second-order valence-corrected chi connectivity index (χ2v) is 4.19. The van der Waals surface area contributed by atoms with Crippen LogP contribution < -0.4 is 16.6 Å². The van der Waals surface area contributed by atoms with E-state index < -0.39 is 35.2 Å². The van der Waals surface area contributed by atoms with E-state index in [1.54, 1.807) is 24.3 Å². The summed E-state index contributed by atoms with van der Waals surface area (Å²) in [5.41, 5.74) is 4.23. The molecule has 0 unspecified atom stereocenters. The quantitative estimate of drug-likeness (QED) is 0.782. The maximum absolute atomic E-state index is 12.1. The molecule has 2 rings (SSSR count). The van der Waals surface area contributed by atoms with Crippen LogP contribution in [0.25, 0.3) is 10.9 Å². The summed E-state index contributed by atoms with van der Waals surface area (Å²) in [6.07, 6.45) is 0. The zero-order valence-corrected chi connectivity index (χ0v) is 10.7. The van der Waals surface area contributed by atoms with E-state index in [0.717, 1.165) is 0 Å². The molecule has 0 aliphatic heterocycles. The Kier molecular flexibility index (Phi) is 3.43. The molecule has 7 nitrogen and oxygen atoms in total. The highest BCUT2D eigenvalue weighted by molar-refractivity contribution is 6.03. The fourth-order valence-electron chi connectivity index (χ4n) is 1.90. The lowest BCUT2D eigenvalue weighted by Crippen LogP contribution is -2.33. The van der Waals surface area contributed by atoms with Crippen LogP contribution in [-0.4, -0.2) is 28.0 Å². The summed E-state index contributed by atoms with van der Waals surface area (Å²) < 4.78 is 1.24. The number of aromatic hydroxyl groups is 1. The van der Waals surface area contributed by atoms with Crippen molar-refractivity contribution in [1.29, 1.82) is 0 Å². The smallest absolute Gasteiger partial charge is 0.282 e. The Bertz CT molecular complexity index is 764. The summed E-state index contributed by atoms with van der Waals surface area (Å²) >= 11 is 0. The van der Waals surface area contributed by atoms with Crippen molar-refractivity contribution in [3.63, 3.8) is 0 Å². The zero-order chi connectivity index (χ0) is 14.9. The molecule has 1 aromatic carbocycles. The minimum atomic E-state index is -0.965. The predicted molar refractivity (Wildman–Crippen MR) is 71.4 cm³/mol. The lowest BCUT2D eigenvalue weighted by molar-refractivity contribution is -0.117. The van der Waals surface area contributed by atoms with Gasteiger partial charge in [-0.25, -0.2) is 5.32 Å². The summed E-state index contributed by atoms with van der Waals surface area (Å²) in [6.45, 7) is -0.533. The largest absolute Gasteiger partial charge is 0.506 e. The summed E-state index contributed by atoms with van der Waals surface area (Å²) in [7, 11) is 1.48. The van der Waals surface area contributed by atoms with Crippen LogP contribution in [0.5, 0.6) is 5.75 Å². The molecule has 0 saturated carbocycles. The molecule has 0 fully saturated rings. The summed E-state index contributed by atoms with van der Waals surface area (Å²) in [6, 6.07) is 6.60. The Labute approximate surface area is 113 Å². The van der Waals surface area contributed by atoms with Gasteiger partial charge in [-0.05, 0) is 12.1 Å². The number of amides is 2. The first kappa shape index (κ1) is 13.6. The molecule has 7 heteroatoms. The molecule has 0 saturated heterocycles. The van der Waals surface area contributed by atoms with Gasteiger partial charge in [0, 0.05) is 12.4 Å². The van der Waals surface area contributed by atoms with Gasteiger partial charge >= 0.3 is 0 Å². The number of hydrogen-bond donors (Lipinski definition) is 2. The Morgan fingerprint density at radius 2 is 2.00 bits per heavy atom. The first-order valence-electron chi connectivity index (χ1n) is 5.74. The van der Waals surface area contributed by atoms with Crippen LogP contribution in [0.15, 0.2) is 29.1 Å². The Hall–Kier alpha value is -2.83. The molecule has 0 atom stereocenters. The van der Waals surface area contributed by atoms with E-state index in [0.29, 0.717) is 10.9 Å². The van der Waals surface area contributed by atoms with Crippen LogP contribution in [0, 0.1) is 0 Å². The van der Waals surface area contributed by atoms with Gasteiger partial charge < -0.3 is 15.4 Å². The number of primary amides is 1. The van der Waals surface area contributed by atoms with E-state index in [4.69, 9.17) is 5.73 Å². The average Bonchev–Trinajstić information content (AvgIpc) is 2.43. The van der Waals surface area contributed by atoms with Gasteiger partial charge in [0.25, 0.3) is 11.5 Å². The molecule has 1 radical (unpaired) electrons. The number of hydrogen-bond acceptors (Lipinski definition) is 4. The summed E-state index contributed by atoms with van der Waals surface area (Å²) in [4.78, 5) is 34.5. The van der Waals surface area contributed by atoms with Crippen molar-refractivity contribution in [3.05, 3.63) is 40.2 Å². The van der Waals surface area contributed by atoms with Crippen molar-refractivity contribution in [3.8, 4) is 5.75 Å². The monoisotopic (exact) mass is 274 g/mol. The number of pyridine rings is 1. The Morgan fingerprint density at radius 1 is 1.35 bits per heavy atom. The number of para-hydroxylation sites is 1. The first-order valence-corrected chi connectivity index (χ1v) is 5.74. The molecule has 0 spiro atoms. The Balaban J connectivity index is 2.62. The van der Waals surface area contributed by atoms with E-state index in [-0.39, 0.29) is 0 Å². The van der Waals surface area contributed by atoms with Crippen molar-refractivity contribution < 1.29 is 14.7 Å². The lowest BCUT2D eigenvalue weighted by atomic mass is 10.1. The number of benzene rings is 1. The standard InChI is InChI=1S/C13H12N3O4/c1-16-8-5-3-2-4-7(8)11(18)10(13(16)20)12(19)15-6-9(14)17/h2-5,18H,6H2,1H3,(H2,14,17). The number of rotatable bonds is 3. The minimum absolute atomic E-state index is 0.354. The zero-order valence-electron chi connectivity index (χ0n) is 10.7. The van der Waals surface area contributed by atoms with Gasteiger partial charge in [-0.1, -0.05) is 12.1 Å². The third-order valence-corrected chi connectivity index (χ3v) is 2.87. The van der Waals surface area contributed by atoms with E-state index in [2.05, 4.69) is 5.32 Å². The fraction of sp³-hybridized carbons (Fsp3) is 0.154. The fourth-order valence-corrected chi connectivity index (χ4v) is 1.90. The number of nitrogens with zero attached hydrogens (tertiary/aromatic N) is 2. The maximum Gasteiger partial charge on any atom is 0.282 e. The van der Waals surface area contributed by atoms with Gasteiger partial charge in [0.05, 0.1) is 5.52 Å². The van der Waals surface area contributed by atoms with Crippen molar-refractivity contribution in [1.82, 2.24) is 9.88 Å². The molecular formula is C13H12N3O4. The molecule has 0 bridgehead atoms. The second-order valence-electron chi connectivity index (χ2n) is 4.19. The van der Waals surface area contributed by atoms with Crippen LogP contribution in [0.2, 0.25) is 0 Å². The first-order chi connectivity index (χ1) is 9.43. The van der Waals surface area contributed by atoms with Crippen molar-refractivity contribution in [2.75, 3.05) is 6.54 Å². The molecule has 103 valence electrons. The highest BCUT2D eigenvalue weighted by Crippen LogP contribution is 2.25. The molecule has 0 aliphatic carbocycles. The average molecular weight is 274 g/mol. The van der Waals surface area contributed by atoms with Crippen LogP contribution in [0.1, 0.15) is 10.4 Å². The highest BCUT2D eigenvalue weighted by Gasteiger charge is 2.21. The number of carbonyl (C=O) groups excluding carboxylic acids is 2. The third kappa shape index (κ3) is 2.20. The van der Waals surface area contributed by atoms with Gasteiger partial charge in [0.2, 0.25) is 5.91 Å². The molecule has 1 aromatic heterocycles. The topological polar surface area (TPSA) is 116 Å². The van der Waals surface area contributed by atoms with Crippen molar-refractivity contribution in [2.24, 2.45) is 12.8 Å². The molecule has 2 amide bonds. The van der Waals surface area contributed by atoms with Crippen molar-refractivity contribution in [2.45, 2.75) is 0 Å². The SMILES string of the molecule is Cn1c(=O)c(C(=O)[N]CC(N)=O)c(O)c2ccccc21. The normalized spacial score (nSPS) is 10.4. The number of nitrogens with two attached hydrogens (primary N) is 1. The van der Waals surface area contributed by atoms with Crippen LogP contribution in [-0.2, 0) is 11.8 Å². The molecule has 20 heavy (non-hydrogen) atoms. The molecule has 3 N–H and O–H groups in total. The third-order valence-electron chi connectivity index (χ3n) is 2.87. The van der Waals surface area contributed by atoms with E-state index in [1.165, 1.54) is 11.6 Å². The van der Waals surface area contributed by atoms with Gasteiger partial charge in [-0.15, -0.1) is 0 Å². The van der Waals surface area contributed by atoms with Crippen LogP contribution >= 0.6 is 0 Å². The number of aryl methyl sites for hydroxylation is 1. The maximum atomic E-state index is 12.1. The summed E-state index contributed by atoms with van der Waals surface area (Å²) in [5.74, 6) is -2.20. The Morgan fingerprint density at radius 3 is 2.65 bits per heavy atom. The van der Waals surface area contributed by atoms with E-state index >= 15 is 0 Å². The number of aromatic nitrogens is 1. The van der Waals surface area contributed by atoms with Crippen LogP contribution in [0.3, 0.4) is 0 Å². The van der Waals surface area contributed by atoms with Crippen molar-refractivity contribution >= 4 is 22.7 Å². The van der Waals surface area contributed by atoms with Gasteiger partial charge in [-0.3, -0.25) is 14.4 Å². The molecule has 0 aliphatic rings. The van der Waals surface area contributed by atoms with Gasteiger partial charge in [-0.2, -0.15) is 0 Å². The summed E-state index contributed by atoms with van der Waals surface area (Å²) in [5, 5.41) is 13.8. The minimum Gasteiger partial charge on any atom is -0.506 e.